The van der Waals surface area contributed by atoms with Gasteiger partial charge in [0.15, 0.2) is 0 Å². The molecule has 0 spiro atoms. The van der Waals surface area contributed by atoms with Gasteiger partial charge in [-0.2, -0.15) is 0 Å². The van der Waals surface area contributed by atoms with Crippen LogP contribution in [-0.4, -0.2) is 56.8 Å². The number of anilines is 1. The molecule has 2 aliphatic heterocycles. The van der Waals surface area contributed by atoms with Crippen LogP contribution in [0.25, 0.3) is 10.9 Å². The van der Waals surface area contributed by atoms with Crippen LogP contribution in [-0.2, 0) is 13.0 Å². The van der Waals surface area contributed by atoms with Gasteiger partial charge >= 0.3 is 0 Å². The Bertz CT molecular complexity index is 1420. The highest BCUT2D eigenvalue weighted by Crippen LogP contribution is 2.36. The van der Waals surface area contributed by atoms with Crippen molar-refractivity contribution in [3.05, 3.63) is 88.9 Å². The van der Waals surface area contributed by atoms with Gasteiger partial charge in [-0.05, 0) is 60.0 Å². The molecule has 38 heavy (non-hydrogen) atoms. The topological polar surface area (TPSA) is 52.8 Å². The summed E-state index contributed by atoms with van der Waals surface area (Å²) in [5, 5.41) is 4.96. The second-order valence-electron chi connectivity index (χ2n) is 9.85. The summed E-state index contributed by atoms with van der Waals surface area (Å²) in [7, 11) is 3.44. The average molecular weight is 537 g/mol. The predicted molar refractivity (Wildman–Crippen MR) is 153 cm³/mol. The zero-order valence-electron chi connectivity index (χ0n) is 21.8. The molecule has 1 saturated heterocycles. The van der Waals surface area contributed by atoms with Gasteiger partial charge in [-0.25, -0.2) is 4.39 Å². The van der Waals surface area contributed by atoms with Crippen LogP contribution < -0.4 is 19.7 Å². The number of methoxy groups -OCH3 is 2. The number of nitrogens with zero attached hydrogens (tertiary/aromatic N) is 2. The van der Waals surface area contributed by atoms with Crippen LogP contribution in [0.3, 0.4) is 0 Å². The van der Waals surface area contributed by atoms with E-state index < -0.39 is 0 Å². The third kappa shape index (κ3) is 4.94. The van der Waals surface area contributed by atoms with E-state index in [9.17, 15) is 4.39 Å². The van der Waals surface area contributed by atoms with Gasteiger partial charge in [0.05, 0.1) is 25.9 Å². The van der Waals surface area contributed by atoms with Gasteiger partial charge < -0.3 is 24.7 Å². The normalized spacial score (nSPS) is 17.7. The van der Waals surface area contributed by atoms with Crippen molar-refractivity contribution in [1.82, 2.24) is 15.2 Å². The number of hydrogen-bond acceptors (Lipinski definition) is 5. The number of ether oxygens (including phenoxy) is 2. The molecule has 0 amide bonds. The molecule has 0 bridgehead atoms. The van der Waals surface area contributed by atoms with Crippen molar-refractivity contribution in [1.29, 1.82) is 0 Å². The van der Waals surface area contributed by atoms with Crippen molar-refractivity contribution in [2.75, 3.05) is 51.8 Å². The van der Waals surface area contributed by atoms with Crippen LogP contribution in [0.15, 0.2) is 60.7 Å². The van der Waals surface area contributed by atoms with Crippen molar-refractivity contribution in [3.63, 3.8) is 0 Å². The first-order valence-electron chi connectivity index (χ1n) is 12.9. The highest BCUT2D eigenvalue weighted by molar-refractivity contribution is 5.87. The number of benzene rings is 3. The highest BCUT2D eigenvalue weighted by Gasteiger charge is 2.27. The van der Waals surface area contributed by atoms with E-state index in [2.05, 4.69) is 50.4 Å². The first-order valence-corrected chi connectivity index (χ1v) is 12.9. The monoisotopic (exact) mass is 536 g/mol. The summed E-state index contributed by atoms with van der Waals surface area (Å²) in [5.41, 5.74) is 6.81. The number of aromatic nitrogens is 1. The molecule has 3 heterocycles. The first kappa shape index (κ1) is 26.4. The Kier molecular flexibility index (Phi) is 7.79. The fourth-order valence-corrected chi connectivity index (χ4v) is 5.82. The van der Waals surface area contributed by atoms with Crippen LogP contribution in [0.4, 0.5) is 10.1 Å². The lowest BCUT2D eigenvalue weighted by Crippen LogP contribution is -2.46. The predicted octanol–water partition coefficient (Wildman–Crippen LogP) is 5.30. The molecule has 0 aliphatic carbocycles. The van der Waals surface area contributed by atoms with E-state index in [1.54, 1.807) is 20.3 Å². The second-order valence-corrected chi connectivity index (χ2v) is 9.85. The van der Waals surface area contributed by atoms with E-state index >= 15 is 0 Å². The second kappa shape index (κ2) is 11.2. The van der Waals surface area contributed by atoms with Gasteiger partial charge in [-0.3, -0.25) is 4.90 Å². The summed E-state index contributed by atoms with van der Waals surface area (Å²) in [4.78, 5) is 8.24. The molecule has 1 unspecified atom stereocenters. The minimum atomic E-state index is -0.153. The van der Waals surface area contributed by atoms with Crippen LogP contribution in [0.1, 0.15) is 28.4 Å². The van der Waals surface area contributed by atoms with Gasteiger partial charge in [0.25, 0.3) is 0 Å². The molecule has 4 aromatic rings. The number of rotatable bonds is 6. The highest BCUT2D eigenvalue weighted by atomic mass is 35.5. The lowest BCUT2D eigenvalue weighted by molar-refractivity contribution is 0.245. The Hall–Kier alpha value is -3.26. The molecular formula is C30H34ClFN4O2. The lowest BCUT2D eigenvalue weighted by atomic mass is 9.93. The van der Waals surface area contributed by atoms with Gasteiger partial charge in [0, 0.05) is 61.4 Å². The molecular weight excluding hydrogens is 503 g/mol. The molecule has 2 N–H and O–H groups in total. The van der Waals surface area contributed by atoms with Crippen molar-refractivity contribution >= 4 is 29.0 Å². The molecule has 0 radical (unpaired) electrons. The maximum absolute atomic E-state index is 14.3. The third-order valence-corrected chi connectivity index (χ3v) is 7.76. The fourth-order valence-electron chi connectivity index (χ4n) is 5.82. The number of aromatic amines is 1. The fraction of sp³-hybridized carbons (Fsp3) is 0.333. The van der Waals surface area contributed by atoms with Crippen molar-refractivity contribution < 1.29 is 13.9 Å². The summed E-state index contributed by atoms with van der Waals surface area (Å²) in [6, 6.07) is 19.9. The Morgan fingerprint density at radius 1 is 0.947 bits per heavy atom. The Morgan fingerprint density at radius 3 is 2.53 bits per heavy atom. The van der Waals surface area contributed by atoms with Crippen LogP contribution >= 0.6 is 12.4 Å². The molecule has 1 aromatic heterocycles. The number of para-hydroxylation sites is 1. The number of fused-ring (bicyclic) bond motifs is 3. The van der Waals surface area contributed by atoms with Crippen molar-refractivity contribution in [2.45, 2.75) is 19.0 Å². The standard InChI is InChI=1S/C30H33FN4O2.ClH/c1-36-22-8-9-26-24(18-22)23-11-12-32-29(30(23)33-26)20-7-10-28(37-2)21(17-20)19-34-13-15-35(16-14-34)27-6-4-3-5-25(27)31;/h3-10,17-18,29,32-33H,11-16,19H2,1-2H3;1H. The summed E-state index contributed by atoms with van der Waals surface area (Å²) in [5.74, 6) is 1.63. The number of hydrogen-bond donors (Lipinski definition) is 2. The van der Waals surface area contributed by atoms with E-state index in [0.29, 0.717) is 5.69 Å². The van der Waals surface area contributed by atoms with Gasteiger partial charge in [-0.15, -0.1) is 12.4 Å². The molecule has 6 nitrogen and oxygen atoms in total. The summed E-state index contributed by atoms with van der Waals surface area (Å²) in [6.07, 6.45) is 0.980. The quantitative estimate of drug-likeness (QED) is 0.350. The summed E-state index contributed by atoms with van der Waals surface area (Å²) in [6.45, 7) is 5.06. The number of nitrogens with one attached hydrogen (secondary N) is 2. The molecule has 8 heteroatoms. The molecule has 1 fully saturated rings. The van der Waals surface area contributed by atoms with Gasteiger partial charge in [0.2, 0.25) is 0 Å². The van der Waals surface area contributed by atoms with Crippen molar-refractivity contribution in [3.8, 4) is 11.5 Å². The van der Waals surface area contributed by atoms with E-state index in [1.165, 1.54) is 33.8 Å². The molecule has 200 valence electrons. The summed E-state index contributed by atoms with van der Waals surface area (Å²) < 4.78 is 25.5. The molecule has 6 rings (SSSR count). The van der Waals surface area contributed by atoms with Crippen LogP contribution in [0, 0.1) is 5.82 Å². The largest absolute Gasteiger partial charge is 0.497 e. The van der Waals surface area contributed by atoms with E-state index in [-0.39, 0.29) is 24.3 Å². The molecule has 3 aromatic carbocycles. The first-order chi connectivity index (χ1) is 18.1. The van der Waals surface area contributed by atoms with Gasteiger partial charge in [0.1, 0.15) is 17.3 Å². The molecule has 2 aliphatic rings. The third-order valence-electron chi connectivity index (χ3n) is 7.76. The number of H-pyrrole nitrogens is 1. The summed E-state index contributed by atoms with van der Waals surface area (Å²) >= 11 is 0. The smallest absolute Gasteiger partial charge is 0.146 e. The van der Waals surface area contributed by atoms with Crippen molar-refractivity contribution in [2.24, 2.45) is 0 Å². The van der Waals surface area contributed by atoms with E-state index in [0.717, 1.165) is 62.7 Å². The Morgan fingerprint density at radius 2 is 1.76 bits per heavy atom. The minimum absolute atomic E-state index is 0. The SMILES string of the molecule is COc1ccc2[nH]c3c(c2c1)CCNC3c1ccc(OC)c(CN2CCN(c3ccccc3F)CC2)c1.Cl. The van der Waals surface area contributed by atoms with Crippen LogP contribution in [0.2, 0.25) is 0 Å². The minimum Gasteiger partial charge on any atom is -0.497 e. The average Bonchev–Trinajstić information content (AvgIpc) is 3.32. The van der Waals surface area contributed by atoms with Crippen LogP contribution in [0.5, 0.6) is 11.5 Å². The zero-order chi connectivity index (χ0) is 25.4. The Labute approximate surface area is 229 Å². The molecule has 0 saturated carbocycles. The molecule has 1 atom stereocenters. The lowest BCUT2D eigenvalue weighted by Gasteiger charge is -2.36. The van der Waals surface area contributed by atoms with Gasteiger partial charge in [-0.1, -0.05) is 18.2 Å². The van der Waals surface area contributed by atoms with E-state index in [4.69, 9.17) is 9.47 Å². The maximum Gasteiger partial charge on any atom is 0.146 e. The number of halogens is 2. The zero-order valence-corrected chi connectivity index (χ0v) is 22.6. The number of piperazine rings is 1. The van der Waals surface area contributed by atoms with E-state index in [1.807, 2.05) is 18.2 Å². The maximum atomic E-state index is 14.3. The Balaban J connectivity index is 0.00000294.